The lowest BCUT2D eigenvalue weighted by Crippen LogP contribution is -2.43. The molecule has 11 heteroatoms. The highest BCUT2D eigenvalue weighted by atomic mass is 16.6. The van der Waals surface area contributed by atoms with Gasteiger partial charge in [0.25, 0.3) is 0 Å². The van der Waals surface area contributed by atoms with Crippen molar-refractivity contribution < 1.29 is 43.3 Å². The van der Waals surface area contributed by atoms with Crippen molar-refractivity contribution in [3.05, 3.63) is 215 Å². The Labute approximate surface area is 450 Å². The van der Waals surface area contributed by atoms with Gasteiger partial charge in [-0.15, -0.1) is 0 Å². The third-order valence-electron chi connectivity index (χ3n) is 14.0. The van der Waals surface area contributed by atoms with Crippen molar-refractivity contribution >= 4 is 29.9 Å². The van der Waals surface area contributed by atoms with Crippen LogP contribution in [-0.2, 0) is 46.2 Å². The van der Waals surface area contributed by atoms with Crippen LogP contribution in [0.3, 0.4) is 0 Å². The van der Waals surface area contributed by atoms with E-state index in [4.69, 9.17) is 14.2 Å². The third kappa shape index (κ3) is 17.5. The molecular weight excluding hydrogens is 953 g/mol. The molecule has 0 spiro atoms. The second kappa shape index (κ2) is 29.5. The Hall–Kier alpha value is -7.53. The molecule has 0 radical (unpaired) electrons. The summed E-state index contributed by atoms with van der Waals surface area (Å²) in [4.78, 5) is 65.8. The summed E-state index contributed by atoms with van der Waals surface area (Å²) in [5, 5.41) is 9.28. The minimum atomic E-state index is -0.822. The summed E-state index contributed by atoms with van der Waals surface area (Å²) in [6.07, 6.45) is 9.38. The van der Waals surface area contributed by atoms with Gasteiger partial charge >= 0.3 is 24.0 Å². The van der Waals surface area contributed by atoms with Crippen molar-refractivity contribution in [2.24, 2.45) is 11.8 Å². The van der Waals surface area contributed by atoms with E-state index in [9.17, 15) is 29.1 Å². The van der Waals surface area contributed by atoms with Crippen LogP contribution in [0.1, 0.15) is 117 Å². The van der Waals surface area contributed by atoms with Crippen molar-refractivity contribution in [1.82, 2.24) is 9.80 Å². The number of hydrogen-bond donors (Lipinski definition) is 1. The monoisotopic (exact) mass is 1030 g/mol. The zero-order valence-electron chi connectivity index (χ0n) is 44.9. The van der Waals surface area contributed by atoms with Crippen molar-refractivity contribution in [3.63, 3.8) is 0 Å². The summed E-state index contributed by atoms with van der Waals surface area (Å²) >= 11 is 0. The van der Waals surface area contributed by atoms with Crippen molar-refractivity contribution in [2.45, 2.75) is 114 Å². The number of carbonyl (C=O) groups excluding carboxylic acids is 4. The number of carboxylic acids is 1. The van der Waals surface area contributed by atoms with Crippen LogP contribution in [0.4, 0.5) is 4.79 Å². The standard InChI is InChI=1S/C30H33NO3.C21H31NO4.C14H12O2/c1-34-30(33)27-21-24(16-12-11-15-23-13-5-2-6-14-23)22-31(27)29(32)28(25-17-7-3-8-18-25)26-19-9-4-10-20-26;1-21(2,3)26-20(24)22-15-17(14-18(22)19(23)25-4)13-9-8-12-16-10-6-5-7-11-16;15-14(16)13(11-7-3-1-4-8-11)12-9-5-2-6-10-12/h2-10,13-14,17-20,24,27-28H,11-12,15-16,21-22H2,1H3;5-7,10-11,17-18H,8-9,12-15H2,1-4H3;1-10,13H,(H,15,16)/t24-,27-;17-,18-;/m00./s1. The molecule has 0 aliphatic carbocycles. The largest absolute Gasteiger partial charge is 0.481 e. The molecule has 6 aromatic carbocycles. The maximum atomic E-state index is 14.0. The second-order valence-electron chi connectivity index (χ2n) is 20.7. The molecule has 400 valence electrons. The predicted octanol–water partition coefficient (Wildman–Crippen LogP) is 12.7. The fourth-order valence-corrected chi connectivity index (χ4v) is 10.3. The molecule has 2 saturated heterocycles. The summed E-state index contributed by atoms with van der Waals surface area (Å²) < 4.78 is 15.5. The highest BCUT2D eigenvalue weighted by Crippen LogP contribution is 2.35. The molecule has 2 aliphatic rings. The third-order valence-corrected chi connectivity index (χ3v) is 14.0. The van der Waals surface area contributed by atoms with Gasteiger partial charge in [0.1, 0.15) is 23.6 Å². The van der Waals surface area contributed by atoms with Gasteiger partial charge in [-0.2, -0.15) is 0 Å². The van der Waals surface area contributed by atoms with Gasteiger partial charge in [0.15, 0.2) is 0 Å². The normalized spacial score (nSPS) is 16.9. The number of aliphatic carboxylic acids is 1. The lowest BCUT2D eigenvalue weighted by Gasteiger charge is -2.28. The smallest absolute Gasteiger partial charge is 0.411 e. The Morgan fingerprint density at radius 3 is 1.16 bits per heavy atom. The first kappa shape index (κ1) is 57.7. The van der Waals surface area contributed by atoms with Crippen LogP contribution in [0.15, 0.2) is 182 Å². The molecule has 4 atom stereocenters. The van der Waals surface area contributed by atoms with Crippen LogP contribution in [0.2, 0.25) is 0 Å². The lowest BCUT2D eigenvalue weighted by molar-refractivity contribution is -0.151. The highest BCUT2D eigenvalue weighted by Gasteiger charge is 2.43. The van der Waals surface area contributed by atoms with Gasteiger partial charge in [-0.25, -0.2) is 14.4 Å². The Morgan fingerprint density at radius 1 is 0.487 bits per heavy atom. The van der Waals surface area contributed by atoms with Gasteiger partial charge in [-0.3, -0.25) is 14.5 Å². The predicted molar refractivity (Wildman–Crippen MR) is 298 cm³/mol. The molecule has 6 aromatic rings. The topological polar surface area (TPSA) is 140 Å². The van der Waals surface area contributed by atoms with Gasteiger partial charge in [0.2, 0.25) is 5.91 Å². The number of amides is 2. The molecule has 0 aromatic heterocycles. The van der Waals surface area contributed by atoms with E-state index in [-0.39, 0.29) is 17.8 Å². The number of nitrogens with zero attached hydrogens (tertiary/aromatic N) is 2. The zero-order valence-corrected chi connectivity index (χ0v) is 44.9. The van der Waals surface area contributed by atoms with Crippen LogP contribution in [0.25, 0.3) is 0 Å². The highest BCUT2D eigenvalue weighted by molar-refractivity contribution is 5.91. The first-order valence-corrected chi connectivity index (χ1v) is 26.7. The van der Waals surface area contributed by atoms with Gasteiger partial charge in [0, 0.05) is 13.1 Å². The summed E-state index contributed by atoms with van der Waals surface area (Å²) in [6.45, 7) is 6.64. The van der Waals surface area contributed by atoms with E-state index in [1.807, 2.05) is 154 Å². The lowest BCUT2D eigenvalue weighted by atomic mass is 9.90. The summed E-state index contributed by atoms with van der Waals surface area (Å²) in [7, 11) is 2.77. The summed E-state index contributed by atoms with van der Waals surface area (Å²) in [5.74, 6) is -1.94. The molecule has 0 saturated carbocycles. The van der Waals surface area contributed by atoms with E-state index in [0.29, 0.717) is 37.8 Å². The van der Waals surface area contributed by atoms with E-state index >= 15 is 0 Å². The fourth-order valence-electron chi connectivity index (χ4n) is 10.3. The molecule has 76 heavy (non-hydrogen) atoms. The number of carboxylic acid groups (broad SMARTS) is 1. The number of methoxy groups -OCH3 is 2. The zero-order chi connectivity index (χ0) is 54.3. The van der Waals surface area contributed by atoms with Crippen LogP contribution >= 0.6 is 0 Å². The Morgan fingerprint density at radius 2 is 0.816 bits per heavy atom. The maximum absolute atomic E-state index is 14.0. The van der Waals surface area contributed by atoms with Crippen LogP contribution < -0.4 is 0 Å². The molecule has 2 heterocycles. The summed E-state index contributed by atoms with van der Waals surface area (Å²) in [6, 6.07) is 58.1. The number of aryl methyl sites for hydroxylation is 2. The van der Waals surface area contributed by atoms with Gasteiger partial charge in [0.05, 0.1) is 20.1 Å². The number of carbonyl (C=O) groups is 5. The van der Waals surface area contributed by atoms with Crippen LogP contribution in [-0.4, -0.2) is 89.8 Å². The van der Waals surface area contributed by atoms with E-state index in [2.05, 4.69) is 48.5 Å². The average molecular weight is 1030 g/mol. The quantitative estimate of drug-likeness (QED) is 0.0506. The Balaban J connectivity index is 0.000000197. The van der Waals surface area contributed by atoms with Crippen LogP contribution in [0, 0.1) is 11.8 Å². The molecule has 2 fully saturated rings. The number of hydrogen-bond acceptors (Lipinski definition) is 8. The fraction of sp³-hybridized carbons (Fsp3) is 0.369. The number of unbranched alkanes of at least 4 members (excludes halogenated alkanes) is 2. The van der Waals surface area contributed by atoms with E-state index < -0.39 is 41.6 Å². The molecular formula is C65H76N2O9. The molecule has 2 aliphatic heterocycles. The minimum Gasteiger partial charge on any atom is -0.481 e. The van der Waals surface area contributed by atoms with Crippen molar-refractivity contribution in [1.29, 1.82) is 0 Å². The van der Waals surface area contributed by atoms with Gasteiger partial charge in [-0.1, -0.05) is 195 Å². The second-order valence-corrected chi connectivity index (χ2v) is 20.7. The molecule has 1 N–H and O–H groups in total. The van der Waals surface area contributed by atoms with Crippen molar-refractivity contribution in [3.8, 4) is 0 Å². The average Bonchev–Trinajstić information content (AvgIpc) is 4.08. The van der Waals surface area contributed by atoms with Gasteiger partial charge < -0.3 is 24.2 Å². The first-order chi connectivity index (χ1) is 36.8. The SMILES string of the molecule is COC(=O)[C@@H]1C[C@H](CCCCc2ccccc2)CN1C(=O)C(c1ccccc1)c1ccccc1.COC(=O)[C@@H]1C[C@H](CCCCc2ccccc2)CN1C(=O)OC(C)(C)C.O=C(O)C(c1ccccc1)c1ccccc1. The Bertz CT molecular complexity index is 2600. The number of likely N-dealkylation sites (tertiary alicyclic amines) is 2. The molecule has 11 nitrogen and oxygen atoms in total. The number of benzene rings is 6. The Kier molecular flexibility index (Phi) is 22.4. The van der Waals surface area contributed by atoms with E-state index in [1.165, 1.54) is 25.3 Å². The number of ether oxygens (including phenoxy) is 3. The molecule has 0 unspecified atom stereocenters. The van der Waals surface area contributed by atoms with Crippen LogP contribution in [0.5, 0.6) is 0 Å². The van der Waals surface area contributed by atoms with E-state index in [0.717, 1.165) is 73.6 Å². The first-order valence-electron chi connectivity index (χ1n) is 26.7. The molecule has 8 rings (SSSR count). The van der Waals surface area contributed by atoms with Crippen molar-refractivity contribution in [2.75, 3.05) is 27.3 Å². The van der Waals surface area contributed by atoms with Gasteiger partial charge in [-0.05, 0) is 117 Å². The summed E-state index contributed by atoms with van der Waals surface area (Å²) in [5.41, 5.74) is 5.61. The van der Waals surface area contributed by atoms with E-state index in [1.54, 1.807) is 9.80 Å². The minimum absolute atomic E-state index is 0.0282. The number of rotatable bonds is 18. The molecule has 2 amide bonds. The molecule has 0 bridgehead atoms. The maximum Gasteiger partial charge on any atom is 0.411 e. The number of esters is 2.